The van der Waals surface area contributed by atoms with Gasteiger partial charge in [-0.2, -0.15) is 0 Å². The van der Waals surface area contributed by atoms with Gasteiger partial charge in [0.05, 0.1) is 13.7 Å². The number of benzene rings is 1. The molecule has 0 unspecified atom stereocenters. The number of rotatable bonds is 7. The van der Waals surface area contributed by atoms with E-state index in [1.807, 2.05) is 44.2 Å². The van der Waals surface area contributed by atoms with E-state index in [9.17, 15) is 9.59 Å². The quantitative estimate of drug-likeness (QED) is 0.534. The number of alkyl carbamates (subject to hydrolysis) is 1. The Hall–Kier alpha value is -3.88. The largest absolute Gasteiger partial charge is 0.478 e. The van der Waals surface area contributed by atoms with Gasteiger partial charge in [-0.05, 0) is 48.1 Å². The van der Waals surface area contributed by atoms with Crippen molar-refractivity contribution in [2.45, 2.75) is 20.4 Å². The van der Waals surface area contributed by atoms with Crippen molar-refractivity contribution in [2.75, 3.05) is 25.6 Å². The molecule has 3 rings (SSSR count). The van der Waals surface area contributed by atoms with Crippen LogP contribution in [0.25, 0.3) is 21.9 Å². The summed E-state index contributed by atoms with van der Waals surface area (Å²) in [4.78, 5) is 32.1. The molecule has 0 aliphatic rings. The first kappa shape index (κ1) is 21.8. The molecule has 9 heteroatoms. The zero-order chi connectivity index (χ0) is 22.2. The Kier molecular flexibility index (Phi) is 7.21. The average molecular weight is 423 g/mol. The number of aromatic nitrogens is 2. The molecule has 0 bridgehead atoms. The Morgan fingerprint density at radius 1 is 1.03 bits per heavy atom. The number of hydrogen-bond acceptors (Lipinski definition) is 6. The summed E-state index contributed by atoms with van der Waals surface area (Å²) in [7, 11) is 1.32. The van der Waals surface area contributed by atoms with Gasteiger partial charge in [0, 0.05) is 36.9 Å². The fourth-order valence-corrected chi connectivity index (χ4v) is 3.14. The topological polar surface area (TPSA) is 114 Å². The van der Waals surface area contributed by atoms with E-state index in [-0.39, 0.29) is 12.6 Å². The van der Waals surface area contributed by atoms with Crippen molar-refractivity contribution in [3.63, 3.8) is 0 Å². The highest BCUT2D eigenvalue weighted by atomic mass is 16.5. The van der Waals surface area contributed by atoms with E-state index in [2.05, 4.69) is 30.7 Å². The fraction of sp³-hybridized carbons (Fsp3) is 0.273. The SMILES string of the molecule is CCNC(=O)Nc1cc2c(-c3ccnc(OCC)c3)ccc(CNC(=O)OC)c2cn1. The fourth-order valence-electron chi connectivity index (χ4n) is 3.14. The standard InChI is InChI=1S/C22H25N5O4/c1-4-23-21(28)27-19-11-17-16(14-8-9-24-20(10-14)31-5-2)7-6-15(18(17)13-25-19)12-26-22(29)30-3/h6-11,13H,4-5,12H2,1-3H3,(H,26,29)(H2,23,25,27,28). The lowest BCUT2D eigenvalue weighted by Crippen LogP contribution is -2.28. The van der Waals surface area contributed by atoms with Gasteiger partial charge in [0.15, 0.2) is 0 Å². The Morgan fingerprint density at radius 2 is 1.87 bits per heavy atom. The monoisotopic (exact) mass is 423 g/mol. The number of hydrogen-bond donors (Lipinski definition) is 3. The number of carbonyl (C=O) groups excluding carboxylic acids is 2. The van der Waals surface area contributed by atoms with E-state index in [4.69, 9.17) is 4.74 Å². The second kappa shape index (κ2) is 10.2. The molecule has 1 aromatic carbocycles. The van der Waals surface area contributed by atoms with Crippen LogP contribution in [0, 0.1) is 0 Å². The Bertz CT molecular complexity index is 1090. The van der Waals surface area contributed by atoms with E-state index in [0.29, 0.717) is 24.8 Å². The number of carbonyl (C=O) groups is 2. The Labute approximate surface area is 180 Å². The highest BCUT2D eigenvalue weighted by Gasteiger charge is 2.13. The first-order valence-corrected chi connectivity index (χ1v) is 9.93. The predicted octanol–water partition coefficient (Wildman–Crippen LogP) is 3.69. The van der Waals surface area contributed by atoms with Gasteiger partial charge in [0.25, 0.3) is 0 Å². The van der Waals surface area contributed by atoms with Crippen LogP contribution in [0.4, 0.5) is 15.4 Å². The molecule has 2 aromatic heterocycles. The van der Waals surface area contributed by atoms with E-state index < -0.39 is 6.09 Å². The molecule has 0 saturated carbocycles. The zero-order valence-electron chi connectivity index (χ0n) is 17.7. The van der Waals surface area contributed by atoms with E-state index >= 15 is 0 Å². The third-order valence-corrected chi connectivity index (χ3v) is 4.52. The molecule has 0 aliphatic carbocycles. The maximum Gasteiger partial charge on any atom is 0.407 e. The maximum atomic E-state index is 11.9. The van der Waals surface area contributed by atoms with Gasteiger partial charge in [-0.3, -0.25) is 5.32 Å². The van der Waals surface area contributed by atoms with Crippen molar-refractivity contribution in [1.29, 1.82) is 0 Å². The molecular formula is C22H25N5O4. The van der Waals surface area contributed by atoms with Gasteiger partial charge in [0.2, 0.25) is 5.88 Å². The summed E-state index contributed by atoms with van der Waals surface area (Å²) in [5, 5.41) is 9.81. The average Bonchev–Trinajstić information content (AvgIpc) is 2.77. The van der Waals surface area contributed by atoms with Gasteiger partial charge in [-0.1, -0.05) is 12.1 Å². The van der Waals surface area contributed by atoms with Crippen LogP contribution in [0.5, 0.6) is 5.88 Å². The predicted molar refractivity (Wildman–Crippen MR) is 118 cm³/mol. The lowest BCUT2D eigenvalue weighted by molar-refractivity contribution is 0.170. The molecule has 3 aromatic rings. The molecule has 2 heterocycles. The maximum absolute atomic E-state index is 11.9. The molecule has 0 saturated heterocycles. The van der Waals surface area contributed by atoms with Crippen molar-refractivity contribution in [2.24, 2.45) is 0 Å². The Balaban J connectivity index is 2.08. The van der Waals surface area contributed by atoms with Crippen molar-refractivity contribution in [3.8, 4) is 17.0 Å². The number of fused-ring (bicyclic) bond motifs is 1. The minimum Gasteiger partial charge on any atom is -0.478 e. The third kappa shape index (κ3) is 5.39. The molecule has 162 valence electrons. The van der Waals surface area contributed by atoms with Gasteiger partial charge in [0.1, 0.15) is 5.82 Å². The van der Waals surface area contributed by atoms with E-state index in [1.54, 1.807) is 12.4 Å². The minimum atomic E-state index is -0.518. The molecule has 31 heavy (non-hydrogen) atoms. The first-order chi connectivity index (χ1) is 15.0. The molecule has 3 N–H and O–H groups in total. The number of urea groups is 1. The van der Waals surface area contributed by atoms with Gasteiger partial charge in [-0.25, -0.2) is 19.6 Å². The summed E-state index contributed by atoms with van der Waals surface area (Å²) in [5.41, 5.74) is 2.69. The summed E-state index contributed by atoms with van der Waals surface area (Å²) in [6.07, 6.45) is 2.85. The molecule has 0 aliphatic heterocycles. The van der Waals surface area contributed by atoms with Crippen LogP contribution in [0.3, 0.4) is 0 Å². The molecule has 0 atom stereocenters. The van der Waals surface area contributed by atoms with Gasteiger partial charge in [-0.15, -0.1) is 0 Å². The summed E-state index contributed by atoms with van der Waals surface area (Å²) in [6.45, 7) is 5.03. The zero-order valence-corrected chi connectivity index (χ0v) is 17.7. The highest BCUT2D eigenvalue weighted by Crippen LogP contribution is 2.33. The molecular weight excluding hydrogens is 398 g/mol. The normalized spacial score (nSPS) is 10.4. The van der Waals surface area contributed by atoms with Crippen molar-refractivity contribution < 1.29 is 19.1 Å². The highest BCUT2D eigenvalue weighted by molar-refractivity contribution is 6.01. The van der Waals surface area contributed by atoms with Crippen LogP contribution >= 0.6 is 0 Å². The van der Waals surface area contributed by atoms with Gasteiger partial charge >= 0.3 is 12.1 Å². The lowest BCUT2D eigenvalue weighted by atomic mass is 9.96. The summed E-state index contributed by atoms with van der Waals surface area (Å²) in [6, 6.07) is 9.11. The van der Waals surface area contributed by atoms with Crippen LogP contribution < -0.4 is 20.7 Å². The number of anilines is 1. The third-order valence-electron chi connectivity index (χ3n) is 4.52. The smallest absolute Gasteiger partial charge is 0.407 e. The van der Waals surface area contributed by atoms with Crippen LogP contribution in [0.2, 0.25) is 0 Å². The van der Waals surface area contributed by atoms with Crippen LogP contribution in [0.1, 0.15) is 19.4 Å². The van der Waals surface area contributed by atoms with Crippen LogP contribution in [-0.4, -0.2) is 42.4 Å². The van der Waals surface area contributed by atoms with Crippen molar-refractivity contribution in [1.82, 2.24) is 20.6 Å². The molecule has 0 spiro atoms. The molecule has 0 fully saturated rings. The molecule has 0 radical (unpaired) electrons. The number of amides is 3. The van der Waals surface area contributed by atoms with Crippen molar-refractivity contribution in [3.05, 3.63) is 48.3 Å². The number of ether oxygens (including phenoxy) is 2. The second-order valence-electron chi connectivity index (χ2n) is 6.53. The number of nitrogens with one attached hydrogen (secondary N) is 3. The van der Waals surface area contributed by atoms with E-state index in [0.717, 1.165) is 27.5 Å². The molecule has 3 amide bonds. The van der Waals surface area contributed by atoms with E-state index in [1.165, 1.54) is 7.11 Å². The molecule has 9 nitrogen and oxygen atoms in total. The minimum absolute atomic E-state index is 0.273. The second-order valence-corrected chi connectivity index (χ2v) is 6.53. The van der Waals surface area contributed by atoms with Crippen LogP contribution in [0.15, 0.2) is 42.7 Å². The van der Waals surface area contributed by atoms with Crippen molar-refractivity contribution >= 4 is 28.7 Å². The summed E-state index contributed by atoms with van der Waals surface area (Å²) >= 11 is 0. The number of pyridine rings is 2. The Morgan fingerprint density at radius 3 is 2.61 bits per heavy atom. The first-order valence-electron chi connectivity index (χ1n) is 9.93. The van der Waals surface area contributed by atoms with Crippen LogP contribution in [-0.2, 0) is 11.3 Å². The summed E-state index contributed by atoms with van der Waals surface area (Å²) < 4.78 is 10.2. The number of nitrogens with zero attached hydrogens (tertiary/aromatic N) is 2. The van der Waals surface area contributed by atoms with Gasteiger partial charge < -0.3 is 20.1 Å². The number of methoxy groups -OCH3 is 1. The summed E-state index contributed by atoms with van der Waals surface area (Å²) in [5.74, 6) is 0.941. The lowest BCUT2D eigenvalue weighted by Gasteiger charge is -2.14.